The van der Waals surface area contributed by atoms with Gasteiger partial charge in [0.2, 0.25) is 0 Å². The van der Waals surface area contributed by atoms with Crippen molar-refractivity contribution < 1.29 is 23.4 Å². The molecule has 7 nitrogen and oxygen atoms in total. The number of pyridine rings is 1. The second-order valence-electron chi connectivity index (χ2n) is 8.65. The number of halogens is 2. The fourth-order valence-corrected chi connectivity index (χ4v) is 4.39. The van der Waals surface area contributed by atoms with Crippen molar-refractivity contribution in [1.82, 2.24) is 15.0 Å². The standard InChI is InChI=1S/C25H22F2N4O3/c1-13-19(32)10-21(34-25(13)6-7-25)15-5-8-29-11-14(15)9-20(33)23-18(28)12-30-24(31-23)22-16(26)3-2-4-17(22)27/h2-5,8,11-12,19,21,32H,1,6-7,9-10,28H2/t19-,21-/m1/s1. The molecule has 1 spiro atoms. The van der Waals surface area contributed by atoms with Crippen LogP contribution in [0.3, 0.4) is 0 Å². The zero-order valence-corrected chi connectivity index (χ0v) is 18.2. The van der Waals surface area contributed by atoms with E-state index in [1.165, 1.54) is 6.07 Å². The number of nitrogens with two attached hydrogens (primary N) is 1. The minimum atomic E-state index is -0.846. The van der Waals surface area contributed by atoms with Crippen molar-refractivity contribution in [1.29, 1.82) is 0 Å². The third kappa shape index (κ3) is 3.86. The second kappa shape index (κ2) is 8.34. The van der Waals surface area contributed by atoms with Crippen LogP contribution in [0.25, 0.3) is 11.4 Å². The molecule has 2 atom stereocenters. The van der Waals surface area contributed by atoms with Crippen molar-refractivity contribution in [3.63, 3.8) is 0 Å². The van der Waals surface area contributed by atoms with Gasteiger partial charge in [0.1, 0.15) is 17.3 Å². The highest BCUT2D eigenvalue weighted by Crippen LogP contribution is 2.54. The molecule has 1 saturated carbocycles. The molecule has 1 aliphatic carbocycles. The van der Waals surface area contributed by atoms with E-state index in [0.29, 0.717) is 17.6 Å². The highest BCUT2D eigenvalue weighted by atomic mass is 19.1. The van der Waals surface area contributed by atoms with E-state index in [2.05, 4.69) is 21.5 Å². The van der Waals surface area contributed by atoms with Crippen LogP contribution in [0.15, 0.2) is 55.0 Å². The topological polar surface area (TPSA) is 111 Å². The van der Waals surface area contributed by atoms with Gasteiger partial charge in [-0.2, -0.15) is 0 Å². The van der Waals surface area contributed by atoms with E-state index < -0.39 is 40.8 Å². The first-order valence-corrected chi connectivity index (χ1v) is 10.9. The summed E-state index contributed by atoms with van der Waals surface area (Å²) >= 11 is 0. The van der Waals surface area contributed by atoms with Gasteiger partial charge in [0.15, 0.2) is 11.6 Å². The summed E-state index contributed by atoms with van der Waals surface area (Å²) in [6.45, 7) is 3.98. The summed E-state index contributed by atoms with van der Waals surface area (Å²) in [6, 6.07) is 5.16. The molecule has 9 heteroatoms. The quantitative estimate of drug-likeness (QED) is 0.437. The first kappa shape index (κ1) is 22.2. The van der Waals surface area contributed by atoms with E-state index in [9.17, 15) is 18.7 Å². The van der Waals surface area contributed by atoms with Crippen LogP contribution in [-0.2, 0) is 11.2 Å². The number of carbonyl (C=O) groups excluding carboxylic acids is 1. The number of aliphatic hydroxyl groups excluding tert-OH is 1. The Morgan fingerprint density at radius 1 is 1.24 bits per heavy atom. The SMILES string of the molecule is C=C1[C@H](O)C[C@H](c2ccncc2CC(=O)c2nc(-c3c(F)cccc3F)ncc2N)OC12CC2. The molecular formula is C25H22F2N4O3. The van der Waals surface area contributed by atoms with Crippen LogP contribution >= 0.6 is 0 Å². The number of carbonyl (C=O) groups is 1. The van der Waals surface area contributed by atoms with Crippen LogP contribution in [0.2, 0.25) is 0 Å². The summed E-state index contributed by atoms with van der Waals surface area (Å²) in [4.78, 5) is 25.3. The fraction of sp³-hybridized carbons (Fsp3) is 0.280. The Kier molecular flexibility index (Phi) is 5.45. The molecular weight excluding hydrogens is 442 g/mol. The van der Waals surface area contributed by atoms with Crippen molar-refractivity contribution in [3.05, 3.63) is 83.5 Å². The van der Waals surface area contributed by atoms with Crippen molar-refractivity contribution in [2.24, 2.45) is 0 Å². The van der Waals surface area contributed by atoms with Gasteiger partial charge >= 0.3 is 0 Å². The molecule has 34 heavy (non-hydrogen) atoms. The maximum absolute atomic E-state index is 14.2. The Morgan fingerprint density at radius 2 is 1.97 bits per heavy atom. The number of anilines is 1. The zero-order valence-electron chi connectivity index (χ0n) is 18.2. The fourth-order valence-electron chi connectivity index (χ4n) is 4.39. The van der Waals surface area contributed by atoms with E-state index in [0.717, 1.165) is 36.7 Å². The van der Waals surface area contributed by atoms with Crippen LogP contribution < -0.4 is 5.73 Å². The molecule has 2 fully saturated rings. The first-order chi connectivity index (χ1) is 16.3. The molecule has 5 rings (SSSR count). The molecule has 1 aliphatic heterocycles. The van der Waals surface area contributed by atoms with Gasteiger partial charge in [-0.05, 0) is 47.7 Å². The third-order valence-corrected chi connectivity index (χ3v) is 6.40. The Morgan fingerprint density at radius 3 is 2.68 bits per heavy atom. The number of aliphatic hydroxyl groups is 1. The third-order valence-electron chi connectivity index (χ3n) is 6.40. The van der Waals surface area contributed by atoms with Gasteiger partial charge in [0.05, 0.1) is 35.3 Å². The predicted octanol–water partition coefficient (Wildman–Crippen LogP) is 3.74. The summed E-state index contributed by atoms with van der Waals surface area (Å²) in [5, 5.41) is 10.5. The Labute approximate surface area is 194 Å². The van der Waals surface area contributed by atoms with Crippen molar-refractivity contribution in [2.45, 2.75) is 43.5 Å². The lowest BCUT2D eigenvalue weighted by Gasteiger charge is -2.36. The Bertz CT molecular complexity index is 1290. The van der Waals surface area contributed by atoms with Gasteiger partial charge in [-0.15, -0.1) is 0 Å². The molecule has 1 saturated heterocycles. The highest BCUT2D eigenvalue weighted by molar-refractivity contribution is 6.00. The number of ether oxygens (including phenoxy) is 1. The van der Waals surface area contributed by atoms with Crippen LogP contribution in [0.4, 0.5) is 14.5 Å². The highest BCUT2D eigenvalue weighted by Gasteiger charge is 2.53. The number of rotatable bonds is 5. The van der Waals surface area contributed by atoms with Crippen molar-refractivity contribution in [2.75, 3.05) is 5.73 Å². The summed E-state index contributed by atoms with van der Waals surface area (Å²) < 4.78 is 34.7. The number of ketones is 1. The number of aromatic nitrogens is 3. The lowest BCUT2D eigenvalue weighted by Crippen LogP contribution is -2.35. The monoisotopic (exact) mass is 464 g/mol. The van der Waals surface area contributed by atoms with Gasteiger partial charge in [-0.1, -0.05) is 12.6 Å². The van der Waals surface area contributed by atoms with E-state index in [4.69, 9.17) is 10.5 Å². The first-order valence-electron chi connectivity index (χ1n) is 10.9. The van der Waals surface area contributed by atoms with Crippen molar-refractivity contribution >= 4 is 11.5 Å². The molecule has 2 aromatic heterocycles. The molecule has 174 valence electrons. The van der Waals surface area contributed by atoms with E-state index >= 15 is 0 Å². The van der Waals surface area contributed by atoms with Gasteiger partial charge < -0.3 is 15.6 Å². The van der Waals surface area contributed by atoms with Gasteiger partial charge in [0.25, 0.3) is 0 Å². The van der Waals surface area contributed by atoms with Gasteiger partial charge in [0, 0.05) is 25.2 Å². The number of hydrogen-bond acceptors (Lipinski definition) is 7. The predicted molar refractivity (Wildman–Crippen MR) is 120 cm³/mol. The van der Waals surface area contributed by atoms with Gasteiger partial charge in [-0.3, -0.25) is 9.78 Å². The molecule has 0 amide bonds. The maximum Gasteiger partial charge on any atom is 0.187 e. The molecule has 0 unspecified atom stereocenters. The minimum absolute atomic E-state index is 0.00601. The number of benzene rings is 1. The maximum atomic E-state index is 14.2. The largest absolute Gasteiger partial charge is 0.396 e. The molecule has 1 aromatic carbocycles. The van der Waals surface area contributed by atoms with Crippen LogP contribution in [0, 0.1) is 11.6 Å². The summed E-state index contributed by atoms with van der Waals surface area (Å²) in [6.07, 6.45) is 4.98. The summed E-state index contributed by atoms with van der Waals surface area (Å²) in [5.74, 6) is -2.43. The molecule has 3 heterocycles. The minimum Gasteiger partial charge on any atom is -0.396 e. The van der Waals surface area contributed by atoms with Crippen molar-refractivity contribution in [3.8, 4) is 11.4 Å². The average molecular weight is 464 g/mol. The van der Waals surface area contributed by atoms with Crippen LogP contribution in [0.5, 0.6) is 0 Å². The molecule has 0 radical (unpaired) electrons. The van der Waals surface area contributed by atoms with E-state index in [-0.39, 0.29) is 23.6 Å². The van der Waals surface area contributed by atoms with Gasteiger partial charge in [-0.25, -0.2) is 18.7 Å². The molecule has 3 N–H and O–H groups in total. The Hall–Kier alpha value is -3.56. The van der Waals surface area contributed by atoms with Crippen LogP contribution in [-0.4, -0.2) is 37.5 Å². The molecule has 2 aliphatic rings. The lowest BCUT2D eigenvalue weighted by atomic mass is 9.89. The number of Topliss-reactive ketones (excluding diaryl/α,β-unsaturated/α-hetero) is 1. The number of nitrogen functional groups attached to an aromatic ring is 1. The average Bonchev–Trinajstić information content (AvgIpc) is 3.58. The summed E-state index contributed by atoms with van der Waals surface area (Å²) in [7, 11) is 0. The normalized spacial score (nSPS) is 21.0. The molecule has 0 bridgehead atoms. The number of nitrogens with zero attached hydrogens (tertiary/aromatic N) is 3. The molecule has 3 aromatic rings. The lowest BCUT2D eigenvalue weighted by molar-refractivity contribution is -0.0728. The van der Waals surface area contributed by atoms with E-state index in [1.54, 1.807) is 18.5 Å². The van der Waals surface area contributed by atoms with E-state index in [1.807, 2.05) is 0 Å². The summed E-state index contributed by atoms with van der Waals surface area (Å²) in [5.41, 5.74) is 6.86. The second-order valence-corrected chi connectivity index (χ2v) is 8.65. The zero-order chi connectivity index (χ0) is 24.0. The number of hydrogen-bond donors (Lipinski definition) is 2. The Balaban J connectivity index is 1.45. The van der Waals surface area contributed by atoms with Crippen LogP contribution in [0.1, 0.15) is 47.0 Å². The smallest absolute Gasteiger partial charge is 0.187 e.